The minimum atomic E-state index is -0.123. The third-order valence-corrected chi connectivity index (χ3v) is 3.17. The van der Waals surface area contributed by atoms with E-state index in [-0.39, 0.29) is 5.82 Å². The molecule has 15 heavy (non-hydrogen) atoms. The van der Waals surface area contributed by atoms with E-state index in [1.54, 1.807) is 17.8 Å². The Balaban J connectivity index is 2.69. The first kappa shape index (κ1) is 10.6. The third-order valence-electron chi connectivity index (χ3n) is 2.57. The Morgan fingerprint density at radius 2 is 2.20 bits per heavy atom. The van der Waals surface area contributed by atoms with Gasteiger partial charge in [0.2, 0.25) is 0 Å². The zero-order valence-corrected chi connectivity index (χ0v) is 9.77. The number of hydrogen-bond donors (Lipinski definition) is 0. The van der Waals surface area contributed by atoms with E-state index in [0.29, 0.717) is 0 Å². The molecule has 1 heterocycles. The van der Waals surface area contributed by atoms with Gasteiger partial charge in [-0.2, -0.15) is 11.8 Å². The predicted octanol–water partition coefficient (Wildman–Crippen LogP) is 3.66. The van der Waals surface area contributed by atoms with Gasteiger partial charge < -0.3 is 4.57 Å². The minimum Gasteiger partial charge on any atom is -0.345 e. The second-order valence-corrected chi connectivity index (χ2v) is 4.38. The highest BCUT2D eigenvalue weighted by Gasteiger charge is 2.10. The van der Waals surface area contributed by atoms with Crippen LogP contribution in [0.2, 0.25) is 0 Å². The molecule has 0 bridgehead atoms. The number of aromatic nitrogens is 1. The summed E-state index contributed by atoms with van der Waals surface area (Å²) in [4.78, 5) is 0. The molecule has 0 aliphatic rings. The van der Waals surface area contributed by atoms with E-state index in [2.05, 4.69) is 12.5 Å². The summed E-state index contributed by atoms with van der Waals surface area (Å²) in [6.07, 6.45) is 4.12. The van der Waals surface area contributed by atoms with Crippen molar-refractivity contribution >= 4 is 22.7 Å². The van der Waals surface area contributed by atoms with Gasteiger partial charge in [-0.05, 0) is 24.8 Å². The largest absolute Gasteiger partial charge is 0.345 e. The van der Waals surface area contributed by atoms with E-state index in [4.69, 9.17) is 0 Å². The maximum atomic E-state index is 13.7. The summed E-state index contributed by atoms with van der Waals surface area (Å²) in [6, 6.07) is 5.30. The molecule has 1 nitrogen and oxygen atoms in total. The highest BCUT2D eigenvalue weighted by Crippen LogP contribution is 2.26. The van der Waals surface area contributed by atoms with E-state index in [1.807, 2.05) is 17.6 Å². The molecule has 3 heteroatoms. The van der Waals surface area contributed by atoms with Crippen LogP contribution in [0.1, 0.15) is 12.5 Å². The van der Waals surface area contributed by atoms with Crippen LogP contribution in [-0.4, -0.2) is 10.8 Å². The van der Waals surface area contributed by atoms with Crippen molar-refractivity contribution in [1.29, 1.82) is 0 Å². The van der Waals surface area contributed by atoms with Gasteiger partial charge >= 0.3 is 0 Å². The maximum absolute atomic E-state index is 13.7. The lowest BCUT2D eigenvalue weighted by Gasteiger charge is -2.00. The molecule has 0 spiro atoms. The summed E-state index contributed by atoms with van der Waals surface area (Å²) in [6.45, 7) is 2.85. The van der Waals surface area contributed by atoms with E-state index in [9.17, 15) is 4.39 Å². The molecular weight excluding hydrogens is 209 g/mol. The lowest BCUT2D eigenvalue weighted by Crippen LogP contribution is -1.92. The van der Waals surface area contributed by atoms with Gasteiger partial charge in [0.25, 0.3) is 0 Å². The molecule has 0 saturated heterocycles. The lowest BCUT2D eigenvalue weighted by atomic mass is 10.2. The van der Waals surface area contributed by atoms with Crippen LogP contribution in [-0.2, 0) is 12.3 Å². The van der Waals surface area contributed by atoms with Crippen LogP contribution in [0, 0.1) is 5.82 Å². The van der Waals surface area contributed by atoms with Gasteiger partial charge in [0.15, 0.2) is 0 Å². The van der Waals surface area contributed by atoms with Gasteiger partial charge in [-0.3, -0.25) is 0 Å². The second-order valence-electron chi connectivity index (χ2n) is 3.51. The van der Waals surface area contributed by atoms with Crippen LogP contribution in [0.4, 0.5) is 4.39 Å². The molecule has 0 N–H and O–H groups in total. The summed E-state index contributed by atoms with van der Waals surface area (Å²) in [5.74, 6) is 0.814. The van der Waals surface area contributed by atoms with Crippen molar-refractivity contribution in [2.45, 2.75) is 19.2 Å². The Morgan fingerprint density at radius 1 is 1.40 bits per heavy atom. The second kappa shape index (κ2) is 4.27. The number of hydrogen-bond acceptors (Lipinski definition) is 1. The Kier molecular flexibility index (Phi) is 3.00. The van der Waals surface area contributed by atoms with Crippen molar-refractivity contribution in [3.05, 3.63) is 35.8 Å². The van der Waals surface area contributed by atoms with Crippen molar-refractivity contribution in [3.8, 4) is 0 Å². The number of para-hydroxylation sites is 1. The first-order chi connectivity index (χ1) is 7.27. The monoisotopic (exact) mass is 223 g/mol. The molecule has 0 saturated carbocycles. The van der Waals surface area contributed by atoms with Crippen molar-refractivity contribution in [2.24, 2.45) is 0 Å². The molecule has 2 aromatic rings. The SMILES string of the molecule is CCn1cc(CSC)c2cccc(F)c21. The summed E-state index contributed by atoms with van der Waals surface area (Å²) < 4.78 is 15.6. The van der Waals surface area contributed by atoms with Crippen molar-refractivity contribution in [1.82, 2.24) is 4.57 Å². The van der Waals surface area contributed by atoms with Crippen molar-refractivity contribution in [2.75, 3.05) is 6.26 Å². The molecule has 80 valence electrons. The van der Waals surface area contributed by atoms with Gasteiger partial charge in [-0.25, -0.2) is 4.39 Å². The van der Waals surface area contributed by atoms with Gasteiger partial charge in [-0.1, -0.05) is 12.1 Å². The molecule has 0 fully saturated rings. The molecule has 0 unspecified atom stereocenters. The highest BCUT2D eigenvalue weighted by atomic mass is 32.2. The van der Waals surface area contributed by atoms with Gasteiger partial charge in [-0.15, -0.1) is 0 Å². The summed E-state index contributed by atoms with van der Waals surface area (Å²) in [7, 11) is 0. The average molecular weight is 223 g/mol. The zero-order chi connectivity index (χ0) is 10.8. The number of aryl methyl sites for hydroxylation is 1. The normalized spacial score (nSPS) is 11.1. The fourth-order valence-corrected chi connectivity index (χ4v) is 2.45. The van der Waals surface area contributed by atoms with Crippen LogP contribution < -0.4 is 0 Å². The molecule has 1 aromatic carbocycles. The topological polar surface area (TPSA) is 4.93 Å². The van der Waals surface area contributed by atoms with Crippen molar-refractivity contribution in [3.63, 3.8) is 0 Å². The minimum absolute atomic E-state index is 0.123. The molecular formula is C12H14FNS. The van der Waals surface area contributed by atoms with E-state index < -0.39 is 0 Å². The molecule has 0 aliphatic heterocycles. The number of nitrogens with zero attached hydrogens (tertiary/aromatic N) is 1. The molecule has 0 aliphatic carbocycles. The smallest absolute Gasteiger partial charge is 0.147 e. The van der Waals surface area contributed by atoms with Gasteiger partial charge in [0.1, 0.15) is 5.82 Å². The fourth-order valence-electron chi connectivity index (χ4n) is 1.91. The van der Waals surface area contributed by atoms with Crippen LogP contribution in [0.5, 0.6) is 0 Å². The van der Waals surface area contributed by atoms with Crippen LogP contribution >= 0.6 is 11.8 Å². The average Bonchev–Trinajstić information content (AvgIpc) is 2.59. The molecule has 0 radical (unpaired) electrons. The van der Waals surface area contributed by atoms with Gasteiger partial charge in [0, 0.05) is 23.9 Å². The zero-order valence-electron chi connectivity index (χ0n) is 8.96. The first-order valence-corrected chi connectivity index (χ1v) is 6.42. The summed E-state index contributed by atoms with van der Waals surface area (Å²) in [5, 5.41) is 1.05. The molecule has 0 amide bonds. The Morgan fingerprint density at radius 3 is 2.87 bits per heavy atom. The predicted molar refractivity (Wildman–Crippen MR) is 64.8 cm³/mol. The van der Waals surface area contributed by atoms with Crippen molar-refractivity contribution < 1.29 is 4.39 Å². The molecule has 2 rings (SSSR count). The highest BCUT2D eigenvalue weighted by molar-refractivity contribution is 7.97. The van der Waals surface area contributed by atoms with Crippen LogP contribution in [0.15, 0.2) is 24.4 Å². The van der Waals surface area contributed by atoms with Crippen LogP contribution in [0.3, 0.4) is 0 Å². The number of thioether (sulfide) groups is 1. The molecule has 1 aromatic heterocycles. The van der Waals surface area contributed by atoms with E-state index in [1.165, 1.54) is 11.6 Å². The number of benzene rings is 1. The Labute approximate surface area is 93.3 Å². The fraction of sp³-hybridized carbons (Fsp3) is 0.333. The summed E-state index contributed by atoms with van der Waals surface area (Å²) >= 11 is 1.76. The van der Waals surface area contributed by atoms with E-state index >= 15 is 0 Å². The third kappa shape index (κ3) is 1.76. The maximum Gasteiger partial charge on any atom is 0.147 e. The summed E-state index contributed by atoms with van der Waals surface area (Å²) in [5.41, 5.74) is 1.96. The number of rotatable bonds is 3. The molecule has 0 atom stereocenters. The first-order valence-electron chi connectivity index (χ1n) is 5.03. The number of halogens is 1. The number of fused-ring (bicyclic) bond motifs is 1. The van der Waals surface area contributed by atoms with E-state index in [0.717, 1.165) is 23.2 Å². The van der Waals surface area contributed by atoms with Gasteiger partial charge in [0.05, 0.1) is 5.52 Å². The van der Waals surface area contributed by atoms with Crippen LogP contribution in [0.25, 0.3) is 10.9 Å². The lowest BCUT2D eigenvalue weighted by molar-refractivity contribution is 0.626. The Hall–Kier alpha value is -0.960. The Bertz CT molecular complexity index is 476. The standard InChI is InChI=1S/C12H14FNS/c1-3-14-7-9(8-15-2)10-5-4-6-11(13)12(10)14/h4-7H,3,8H2,1-2H3. The quantitative estimate of drug-likeness (QED) is 0.768.